The van der Waals surface area contributed by atoms with Crippen molar-refractivity contribution < 1.29 is 438 Å². The summed E-state index contributed by atoms with van der Waals surface area (Å²) < 4.78 is 0. The van der Waals surface area contributed by atoms with E-state index in [-0.39, 0.29) is 340 Å². The molecule has 0 aromatic carbocycles. The van der Waals surface area contributed by atoms with Gasteiger partial charge in [0.2, 0.25) is 0 Å². The molecule has 20 N–H and O–H groups in total. The van der Waals surface area contributed by atoms with Crippen LogP contribution in [0.2, 0.25) is 0 Å². The lowest BCUT2D eigenvalue weighted by atomic mass is 11.0. The maximum Gasteiger partial charge on any atom is 0.0661 e. The van der Waals surface area contributed by atoms with Gasteiger partial charge in [-0.25, -0.2) is 0 Å². The normalized spacial score (nSPS) is 7.20. The van der Waals surface area contributed by atoms with E-state index in [1.54, 1.807) is 0 Å². The Labute approximate surface area is 849 Å². The first-order chi connectivity index (χ1) is 34.6. The van der Waals surface area contributed by atoms with Crippen LogP contribution < -0.4 is 438 Å². The van der Waals surface area contributed by atoms with Crippen molar-refractivity contribution in [3.63, 3.8) is 0 Å². The average Bonchev–Trinajstić information content (AvgIpc) is 2.99. The van der Waals surface area contributed by atoms with Crippen molar-refractivity contribution in [1.29, 1.82) is 0 Å². The zero-order chi connectivity index (χ0) is 71.5. The van der Waals surface area contributed by atoms with Crippen LogP contribution in [0.3, 0.4) is 0 Å². The van der Waals surface area contributed by atoms with Gasteiger partial charge in [-0.15, -0.1) is 0 Å². The first kappa shape index (κ1) is 267. The number of rotatable bonds is 0. The van der Waals surface area contributed by atoms with Crippen LogP contribution in [-0.2, 0) is 0 Å². The van der Waals surface area contributed by atoms with Crippen molar-refractivity contribution in [2.24, 2.45) is 0 Å². The molecule has 0 fully saturated rings. The van der Waals surface area contributed by atoms with Crippen molar-refractivity contribution >= 4 is 0 Å². The molecule has 0 aliphatic carbocycles. The van der Waals surface area contributed by atoms with Crippen molar-refractivity contribution in [3.8, 4) is 0 Å². The summed E-state index contributed by atoms with van der Waals surface area (Å²) in [6.45, 7) is 0. The molecule has 0 rings (SSSR count). The molecule has 0 aromatic rings. The average molecular weight is 2800 g/mol. The quantitative estimate of drug-likeness (QED) is 0.114. The Morgan fingerprint density at radius 3 is 0.0500 bits per heavy atom. The van der Waals surface area contributed by atoms with Gasteiger partial charge in [0.15, 0.2) is 0 Å². The molecule has 0 aliphatic heterocycles. The van der Waals surface area contributed by atoms with Gasteiger partial charge in [-0.3, -0.25) is 0 Å². The van der Waals surface area contributed by atoms with Crippen molar-refractivity contribution in [1.82, 2.24) is 0 Å². The maximum atomic E-state index is 2.08. The molecule has 0 atom stereocenters. The standard InChI is InChI=1S/20C3H9N.20BrH/c20*1-4(2)3;;;;;;;;;;;;;;;;;;;;/h20*1-3H3;20*1H. The van der Waals surface area contributed by atoms with Gasteiger partial charge in [0.1, 0.15) is 0 Å². The molecule has 0 amide bonds. The Hall–Kier alpha value is 8.80. The molecule has 0 saturated heterocycles. The van der Waals surface area contributed by atoms with Crippen LogP contribution in [0.25, 0.3) is 0 Å². The summed E-state index contributed by atoms with van der Waals surface area (Å²) in [5.74, 6) is 0. The molecule has 0 heterocycles. The fourth-order valence-electron chi connectivity index (χ4n) is 0. The van der Waals surface area contributed by atoms with Crippen LogP contribution in [0.4, 0.5) is 0 Å². The highest BCUT2D eigenvalue weighted by Gasteiger charge is 1.68. The summed E-state index contributed by atoms with van der Waals surface area (Å²) in [5, 5.41) is 0. The summed E-state index contributed by atoms with van der Waals surface area (Å²) in [7, 11) is 125. The molecule has 0 spiro atoms. The third kappa shape index (κ3) is 15400. The summed E-state index contributed by atoms with van der Waals surface area (Å²) in [6, 6.07) is 0. The number of hydrogen-bond donors (Lipinski definition) is 20. The minimum atomic E-state index is 0. The Balaban J connectivity index is -0.00000000987. The first-order valence-corrected chi connectivity index (χ1v) is 30.0. The Kier molecular flexibility index (Phi) is 694. The minimum absolute atomic E-state index is 0. The van der Waals surface area contributed by atoms with E-state index < -0.39 is 0 Å². The molecular formula is C60H200Br20N20. The summed E-state index contributed by atoms with van der Waals surface area (Å²) >= 11 is 0. The minimum Gasteiger partial charge on any atom is -1.00 e. The topological polar surface area (TPSA) is 88.8 Å². The van der Waals surface area contributed by atoms with E-state index in [0.717, 1.165) is 0 Å². The van der Waals surface area contributed by atoms with Crippen LogP contribution in [0.1, 0.15) is 0 Å². The van der Waals surface area contributed by atoms with Gasteiger partial charge in [0, 0.05) is 0 Å². The highest BCUT2D eigenvalue weighted by atomic mass is 79.9. The van der Waals surface area contributed by atoms with Gasteiger partial charge in [-0.05, 0) is 0 Å². The maximum absolute atomic E-state index is 2.08. The van der Waals surface area contributed by atoms with Crippen molar-refractivity contribution in [3.05, 3.63) is 0 Å². The van der Waals surface area contributed by atoms with E-state index in [0.29, 0.717) is 0 Å². The number of halogens is 20. The molecule has 40 heteroatoms. The van der Waals surface area contributed by atoms with Crippen molar-refractivity contribution in [2.45, 2.75) is 0 Å². The number of quaternary nitrogens is 20. The van der Waals surface area contributed by atoms with Gasteiger partial charge < -0.3 is 438 Å². The Morgan fingerprint density at radius 1 is 0.0500 bits per heavy atom. The van der Waals surface area contributed by atoms with Gasteiger partial charge in [-0.2, -0.15) is 0 Å². The SMILES string of the molecule is C[NH+](C)C.C[NH+](C)C.C[NH+](C)C.C[NH+](C)C.C[NH+](C)C.C[NH+](C)C.C[NH+](C)C.C[NH+](C)C.C[NH+](C)C.C[NH+](C)C.C[NH+](C)C.C[NH+](C)C.C[NH+](C)C.C[NH+](C)C.C[NH+](C)C.C[NH+](C)C.C[NH+](C)C.C[NH+](C)C.C[NH+](C)C.C[NH+](C)C.[Br-].[Br-].[Br-].[Br-].[Br-].[Br-].[Br-].[Br-].[Br-].[Br-].[Br-].[Br-].[Br-].[Br-].[Br-].[Br-].[Br-].[Br-].[Br-].[Br-]. The summed E-state index contributed by atoms with van der Waals surface area (Å²) in [5.41, 5.74) is 0. The van der Waals surface area contributed by atoms with Crippen LogP contribution in [0.15, 0.2) is 0 Å². The van der Waals surface area contributed by atoms with Crippen LogP contribution >= 0.6 is 0 Å². The second-order valence-corrected chi connectivity index (χ2v) is 30.0. The monoisotopic (exact) mass is 2780 g/mol. The molecule has 0 unspecified atom stereocenters. The zero-order valence-electron chi connectivity index (χ0n) is 77.6. The lowest BCUT2D eigenvalue weighted by Crippen LogP contribution is -3.02. The summed E-state index contributed by atoms with van der Waals surface area (Å²) in [6.07, 6.45) is 0. The third-order valence-corrected chi connectivity index (χ3v) is 0. The van der Waals surface area contributed by atoms with Gasteiger partial charge in [0.25, 0.3) is 0 Å². The number of hydrogen-bond acceptors (Lipinski definition) is 0. The van der Waals surface area contributed by atoms with E-state index in [1.165, 1.54) is 98.0 Å². The molecule has 680 valence electrons. The highest BCUT2D eigenvalue weighted by molar-refractivity contribution is 3.67. The second-order valence-electron chi connectivity index (χ2n) is 30.0. The van der Waals surface area contributed by atoms with Gasteiger partial charge >= 0.3 is 0 Å². The van der Waals surface area contributed by atoms with Gasteiger partial charge in [-0.1, -0.05) is 0 Å². The Morgan fingerprint density at radius 2 is 0.0500 bits per heavy atom. The van der Waals surface area contributed by atoms with Crippen LogP contribution in [0.5, 0.6) is 0 Å². The molecular weight excluding hydrogens is 2600 g/mol. The van der Waals surface area contributed by atoms with Crippen LogP contribution in [-0.4, -0.2) is 423 Å². The van der Waals surface area contributed by atoms with E-state index in [4.69, 9.17) is 0 Å². The molecule has 0 radical (unpaired) electrons. The first-order valence-electron chi connectivity index (χ1n) is 30.0. The fraction of sp³-hybridized carbons (Fsp3) is 1.00. The molecule has 0 aliphatic rings. The molecule has 0 saturated carbocycles. The zero-order valence-corrected chi connectivity index (χ0v) is 109. The van der Waals surface area contributed by atoms with E-state index >= 15 is 0 Å². The smallest absolute Gasteiger partial charge is 0.0661 e. The van der Waals surface area contributed by atoms with Crippen LogP contribution in [0, 0.1) is 0 Å². The second kappa shape index (κ2) is 260. The predicted octanol–water partition coefficient (Wildman–Crippen LogP) is -84.7. The highest BCUT2D eigenvalue weighted by Crippen LogP contribution is 0.941. The van der Waals surface area contributed by atoms with Crippen molar-refractivity contribution in [2.75, 3.05) is 423 Å². The van der Waals surface area contributed by atoms with E-state index in [9.17, 15) is 0 Å². The summed E-state index contributed by atoms with van der Waals surface area (Å²) in [4.78, 5) is 28.3. The Bertz CT molecular complexity index is 492. The van der Waals surface area contributed by atoms with E-state index in [2.05, 4.69) is 423 Å². The molecule has 100 heavy (non-hydrogen) atoms. The third-order valence-electron chi connectivity index (χ3n) is 0. The number of nitrogens with one attached hydrogen (secondary N) is 20. The predicted molar refractivity (Wildman–Crippen MR) is 375 cm³/mol. The molecule has 0 aromatic heterocycles. The lowest BCUT2D eigenvalue weighted by molar-refractivity contribution is -0.836. The van der Waals surface area contributed by atoms with E-state index in [1.807, 2.05) is 0 Å². The fourth-order valence-corrected chi connectivity index (χ4v) is 0. The molecule has 0 bridgehead atoms. The lowest BCUT2D eigenvalue weighted by Gasteiger charge is -1.88. The molecule has 20 nitrogen and oxygen atoms in total. The largest absolute Gasteiger partial charge is 1.00 e. The van der Waals surface area contributed by atoms with Gasteiger partial charge in [0.05, 0.1) is 423 Å².